The van der Waals surface area contributed by atoms with Crippen molar-refractivity contribution in [2.24, 2.45) is 0 Å². The molecule has 2 aromatic carbocycles. The second-order valence-corrected chi connectivity index (χ2v) is 10.0. The standard InChI is InChI=1S/C22H27FN2O3S/c1-24(16-18-5-3-2-4-6-18)20-15-22(28-17-20)11-13-25(14-12-22)29(26,27)21-9-7-19(23)8-10-21/h2-10,20H,11-17H2,1H3. The molecule has 4 rings (SSSR count). The van der Waals surface area contributed by atoms with Crippen molar-refractivity contribution >= 4 is 10.0 Å². The number of likely N-dealkylation sites (N-methyl/N-ethyl adjacent to an activating group) is 1. The van der Waals surface area contributed by atoms with E-state index in [4.69, 9.17) is 4.74 Å². The maximum Gasteiger partial charge on any atom is 0.243 e. The summed E-state index contributed by atoms with van der Waals surface area (Å²) < 4.78 is 46.5. The summed E-state index contributed by atoms with van der Waals surface area (Å²) in [5, 5.41) is 0. The van der Waals surface area contributed by atoms with Gasteiger partial charge in [-0.05, 0) is 56.1 Å². The van der Waals surface area contributed by atoms with Gasteiger partial charge in [0.25, 0.3) is 0 Å². The molecule has 2 fully saturated rings. The fourth-order valence-corrected chi connectivity index (χ4v) is 5.78. The van der Waals surface area contributed by atoms with Crippen LogP contribution in [0.2, 0.25) is 0 Å². The second kappa shape index (κ2) is 8.14. The van der Waals surface area contributed by atoms with Crippen LogP contribution in [0.5, 0.6) is 0 Å². The first-order valence-corrected chi connectivity index (χ1v) is 11.5. The number of halogens is 1. The monoisotopic (exact) mass is 418 g/mol. The van der Waals surface area contributed by atoms with Crippen molar-refractivity contribution in [3.63, 3.8) is 0 Å². The molecule has 7 heteroatoms. The Labute approximate surface area is 172 Å². The molecule has 0 aliphatic carbocycles. The SMILES string of the molecule is CN(Cc1ccccc1)C1COC2(CCN(S(=O)(=O)c3ccc(F)cc3)CC2)C1. The molecule has 0 N–H and O–H groups in total. The van der Waals surface area contributed by atoms with Crippen molar-refractivity contribution in [1.29, 1.82) is 0 Å². The zero-order chi connectivity index (χ0) is 20.5. The van der Waals surface area contributed by atoms with Crippen LogP contribution < -0.4 is 0 Å². The molecule has 2 aromatic rings. The minimum atomic E-state index is -3.59. The van der Waals surface area contributed by atoms with Crippen LogP contribution in [-0.2, 0) is 21.3 Å². The van der Waals surface area contributed by atoms with Gasteiger partial charge in [0.2, 0.25) is 10.0 Å². The van der Waals surface area contributed by atoms with Gasteiger partial charge in [0.15, 0.2) is 0 Å². The highest BCUT2D eigenvalue weighted by Crippen LogP contribution is 2.38. The lowest BCUT2D eigenvalue weighted by atomic mass is 9.88. The van der Waals surface area contributed by atoms with E-state index in [1.165, 1.54) is 34.1 Å². The Morgan fingerprint density at radius 3 is 2.41 bits per heavy atom. The van der Waals surface area contributed by atoms with Gasteiger partial charge in [0.05, 0.1) is 17.1 Å². The molecule has 0 bridgehead atoms. The molecule has 2 aliphatic rings. The molecule has 5 nitrogen and oxygen atoms in total. The van der Waals surface area contributed by atoms with Crippen molar-refractivity contribution in [3.8, 4) is 0 Å². The highest BCUT2D eigenvalue weighted by molar-refractivity contribution is 7.89. The van der Waals surface area contributed by atoms with Crippen molar-refractivity contribution in [1.82, 2.24) is 9.21 Å². The molecular formula is C22H27FN2O3S. The Morgan fingerprint density at radius 2 is 1.76 bits per heavy atom. The number of rotatable bonds is 5. The summed E-state index contributed by atoms with van der Waals surface area (Å²) >= 11 is 0. The van der Waals surface area contributed by atoms with E-state index >= 15 is 0 Å². The molecule has 0 amide bonds. The topological polar surface area (TPSA) is 49.9 Å². The van der Waals surface area contributed by atoms with Crippen molar-refractivity contribution in [2.75, 3.05) is 26.7 Å². The fraction of sp³-hybridized carbons (Fsp3) is 0.455. The maximum absolute atomic E-state index is 13.1. The average Bonchev–Trinajstić information content (AvgIpc) is 3.13. The van der Waals surface area contributed by atoms with Crippen molar-refractivity contribution < 1.29 is 17.5 Å². The van der Waals surface area contributed by atoms with E-state index in [2.05, 4.69) is 24.1 Å². The lowest BCUT2D eigenvalue weighted by Crippen LogP contribution is -2.46. The summed E-state index contributed by atoms with van der Waals surface area (Å²) in [7, 11) is -1.48. The largest absolute Gasteiger partial charge is 0.373 e. The molecule has 0 radical (unpaired) electrons. The third kappa shape index (κ3) is 4.38. The number of hydrogen-bond donors (Lipinski definition) is 0. The first-order chi connectivity index (χ1) is 13.9. The summed E-state index contributed by atoms with van der Waals surface area (Å²) in [4.78, 5) is 2.47. The molecule has 1 atom stereocenters. The third-order valence-corrected chi connectivity index (χ3v) is 8.09. The minimum absolute atomic E-state index is 0.141. The van der Waals surface area contributed by atoms with Crippen molar-refractivity contribution in [2.45, 2.75) is 42.3 Å². The number of ether oxygens (including phenoxy) is 1. The van der Waals surface area contributed by atoms with E-state index in [1.807, 2.05) is 18.2 Å². The van der Waals surface area contributed by atoms with Gasteiger partial charge >= 0.3 is 0 Å². The van der Waals surface area contributed by atoms with Gasteiger partial charge in [0, 0.05) is 25.7 Å². The maximum atomic E-state index is 13.1. The number of hydrogen-bond acceptors (Lipinski definition) is 4. The van der Waals surface area contributed by atoms with Crippen LogP contribution in [0.3, 0.4) is 0 Å². The molecule has 156 valence electrons. The Morgan fingerprint density at radius 1 is 1.10 bits per heavy atom. The Balaban J connectivity index is 1.36. The van der Waals surface area contributed by atoms with Gasteiger partial charge in [-0.1, -0.05) is 30.3 Å². The Bertz CT molecular complexity index is 926. The number of piperidine rings is 1. The Kier molecular flexibility index (Phi) is 5.75. The summed E-state index contributed by atoms with van der Waals surface area (Å²) in [6.45, 7) is 2.40. The zero-order valence-corrected chi connectivity index (χ0v) is 17.4. The van der Waals surface area contributed by atoms with Gasteiger partial charge in [-0.25, -0.2) is 12.8 Å². The van der Waals surface area contributed by atoms with Crippen LogP contribution in [0.25, 0.3) is 0 Å². The van der Waals surface area contributed by atoms with Gasteiger partial charge in [-0.2, -0.15) is 4.31 Å². The highest BCUT2D eigenvalue weighted by Gasteiger charge is 2.45. The Hall–Kier alpha value is -1.80. The van der Waals surface area contributed by atoms with Gasteiger partial charge in [-0.3, -0.25) is 4.90 Å². The van der Waals surface area contributed by atoms with Crippen LogP contribution >= 0.6 is 0 Å². The first-order valence-electron chi connectivity index (χ1n) is 10.0. The fourth-order valence-electron chi connectivity index (χ4n) is 4.34. The van der Waals surface area contributed by atoms with Gasteiger partial charge in [0.1, 0.15) is 5.82 Å². The minimum Gasteiger partial charge on any atom is -0.373 e. The van der Waals surface area contributed by atoms with Crippen LogP contribution in [0.1, 0.15) is 24.8 Å². The van der Waals surface area contributed by atoms with E-state index in [9.17, 15) is 12.8 Å². The molecule has 2 heterocycles. The van der Waals surface area contributed by atoms with E-state index in [1.54, 1.807) is 0 Å². The van der Waals surface area contributed by atoms with E-state index in [-0.39, 0.29) is 10.5 Å². The molecule has 1 unspecified atom stereocenters. The predicted molar refractivity (Wildman–Crippen MR) is 109 cm³/mol. The summed E-state index contributed by atoms with van der Waals surface area (Å²) in [6.07, 6.45) is 2.28. The van der Waals surface area contributed by atoms with Crippen LogP contribution in [0, 0.1) is 5.82 Å². The lowest BCUT2D eigenvalue weighted by molar-refractivity contribution is -0.0316. The van der Waals surface area contributed by atoms with Gasteiger partial charge < -0.3 is 4.74 Å². The van der Waals surface area contributed by atoms with E-state index < -0.39 is 15.8 Å². The number of sulfonamides is 1. The molecule has 1 spiro atoms. The summed E-state index contributed by atoms with van der Waals surface area (Å²) in [5.41, 5.74) is 1.03. The molecular weight excluding hydrogens is 391 g/mol. The predicted octanol–water partition coefficient (Wildman–Crippen LogP) is 3.27. The lowest BCUT2D eigenvalue weighted by Gasteiger charge is -2.38. The van der Waals surface area contributed by atoms with Crippen LogP contribution in [-0.4, -0.2) is 56.0 Å². The number of nitrogens with zero attached hydrogens (tertiary/aromatic N) is 2. The third-order valence-electron chi connectivity index (χ3n) is 6.17. The van der Waals surface area contributed by atoms with Gasteiger partial charge in [-0.15, -0.1) is 0 Å². The average molecular weight is 419 g/mol. The molecule has 0 saturated carbocycles. The first kappa shape index (κ1) is 20.5. The van der Waals surface area contributed by atoms with Crippen molar-refractivity contribution in [3.05, 3.63) is 66.0 Å². The number of benzene rings is 2. The second-order valence-electron chi connectivity index (χ2n) is 8.11. The quantitative estimate of drug-likeness (QED) is 0.748. The molecule has 2 saturated heterocycles. The van der Waals surface area contributed by atoms with Crippen LogP contribution in [0.4, 0.5) is 4.39 Å². The molecule has 29 heavy (non-hydrogen) atoms. The zero-order valence-electron chi connectivity index (χ0n) is 16.6. The normalized spacial score (nSPS) is 22.4. The van der Waals surface area contributed by atoms with E-state index in [0.717, 1.165) is 13.0 Å². The summed E-state index contributed by atoms with van der Waals surface area (Å²) in [6, 6.07) is 15.7. The van der Waals surface area contributed by atoms with E-state index in [0.29, 0.717) is 38.6 Å². The molecule has 2 aliphatic heterocycles. The van der Waals surface area contributed by atoms with Crippen LogP contribution in [0.15, 0.2) is 59.5 Å². The smallest absolute Gasteiger partial charge is 0.243 e. The molecule has 0 aromatic heterocycles. The summed E-state index contributed by atoms with van der Waals surface area (Å²) in [5.74, 6) is -0.438. The highest BCUT2D eigenvalue weighted by atomic mass is 32.2.